The summed E-state index contributed by atoms with van der Waals surface area (Å²) in [6.45, 7) is 9.61. The van der Waals surface area contributed by atoms with Crippen LogP contribution in [0.3, 0.4) is 0 Å². The molecular weight excluding hydrogens is 1380 g/mol. The lowest BCUT2D eigenvalue weighted by atomic mass is 9.95. The van der Waals surface area contributed by atoms with E-state index in [1.54, 1.807) is 56.5 Å². The lowest BCUT2D eigenvalue weighted by Crippen LogP contribution is -2.35. The van der Waals surface area contributed by atoms with Crippen LogP contribution in [0.15, 0.2) is 12.2 Å². The maximum absolute atomic E-state index is 13.0. The third-order valence-electron chi connectivity index (χ3n) is 17.3. The van der Waals surface area contributed by atoms with E-state index in [-0.39, 0.29) is 106 Å². The minimum absolute atomic E-state index is 0.0220. The van der Waals surface area contributed by atoms with Gasteiger partial charge in [-0.2, -0.15) is 0 Å². The molecule has 0 saturated heterocycles. The Kier molecular flexibility index (Phi) is 45.0. The number of esters is 3. The molecule has 36 nitrogen and oxygen atoms in total. The van der Waals surface area contributed by atoms with Crippen LogP contribution >= 0.6 is 0 Å². The molecule has 104 heavy (non-hydrogen) atoms. The molecule has 0 aliphatic heterocycles. The summed E-state index contributed by atoms with van der Waals surface area (Å²) in [5.41, 5.74) is 31.0. The van der Waals surface area contributed by atoms with Crippen molar-refractivity contribution in [3.05, 3.63) is 12.2 Å². The maximum atomic E-state index is 13.0. The van der Waals surface area contributed by atoms with Gasteiger partial charge >= 0.3 is 17.9 Å². The number of halogens is 3. The number of methoxy groups -OCH3 is 1. The molecule has 7 rings (SSSR count). The number of alkyl halides is 3. The van der Waals surface area contributed by atoms with Crippen molar-refractivity contribution in [1.29, 1.82) is 0 Å². The van der Waals surface area contributed by atoms with Gasteiger partial charge in [-0.1, -0.05) is 12.2 Å². The topological polar surface area (TPSA) is 668 Å². The Morgan fingerprint density at radius 1 is 0.423 bits per heavy atom. The standard InChI is InChI=1S/C10H15NO3.C9H16N2O3.C9H15NO4.C9H13NO4.C8H12F2N2O2.C8H13FN2O2.C8H14N2O3.4CH5N/c1-3-14-10(13)8-5-6(2)4-7(8)9(11)12;1-11-9(13)7-4-5(14-2)3-6(7)8(10)12;2*1-2-14-9(13)7-4-5(11)3-6(7)8(10)12;1-12-7(14)5-3-8(9,10)2-4(5)6(11)13;1-11-8(13)6-3-4(9)2-5(6)7(10)12;1-10-8(13)6-3-4(11)2-5(6)7(9)12;4*1-2/h7-8H,2-5H2,1H3,(H2,11,12);5-7H,3-4H2,1-2H3,(H2,10,12)(H,11,13);5-7,11H,2-4H2,1H3,(H2,10,12);6-7H,2-4H2,1H3,(H2,10,12);4-5H,2-3H2,1H3,(H2,11,13)(H,12,14);4-6H,2-3H2,1H3,(H2,10,12)(H,11,13);4-6,11H,2-3H2,1H3,(H2,9,12)(H,10,13);4*2H2,1H3/t7-,8-;5-,6-,7-;5-,6+,7+;6-,7-;4-,5-;4-,5-,6-;4-,5+,6+;;;;/m0010001..../s1/i/hD7. The monoisotopic (exact) mass is 1510 g/mol. The second-order valence-corrected chi connectivity index (χ2v) is 23.8. The van der Waals surface area contributed by atoms with Crippen molar-refractivity contribution in [2.75, 3.05) is 83.3 Å². The van der Waals surface area contributed by atoms with E-state index in [1.165, 1.54) is 56.4 Å². The van der Waals surface area contributed by atoms with Crippen molar-refractivity contribution in [1.82, 2.24) is 21.3 Å². The van der Waals surface area contributed by atoms with Crippen molar-refractivity contribution < 1.29 is 124 Å². The zero-order valence-electron chi connectivity index (χ0n) is 68.2. The quantitative estimate of drug-likeness (QED) is 0.0348. The number of Topliss-reactive ketones (excluding diaryl/α,β-unsaturated/α-hetero) is 1. The zero-order chi connectivity index (χ0) is 86.8. The van der Waals surface area contributed by atoms with Crippen LogP contribution in [0.5, 0.6) is 0 Å². The zero-order valence-corrected chi connectivity index (χ0v) is 61.2. The second-order valence-electron chi connectivity index (χ2n) is 23.8. The van der Waals surface area contributed by atoms with Gasteiger partial charge in [-0.15, -0.1) is 0 Å². The van der Waals surface area contributed by atoms with Crippen molar-refractivity contribution in [2.24, 2.45) is 146 Å². The Bertz CT molecular complexity index is 2750. The Morgan fingerprint density at radius 2 is 0.683 bits per heavy atom. The fourth-order valence-electron chi connectivity index (χ4n) is 12.4. The average Bonchev–Trinajstić information content (AvgIpc) is 1.67. The lowest BCUT2D eigenvalue weighted by Gasteiger charge is -2.13. The summed E-state index contributed by atoms with van der Waals surface area (Å²) in [5, 5.41) is 28.3. The highest BCUT2D eigenvalue weighted by Gasteiger charge is 2.52. The molecule has 7 fully saturated rings. The number of nitrogens with one attached hydrogen (secondary N) is 4. The first-order valence-corrected chi connectivity index (χ1v) is 33.3. The number of ketones is 1. The number of primary amides is 7. The first-order valence-electron chi connectivity index (χ1n) is 36.8. The maximum Gasteiger partial charge on any atom is 0.310 e. The number of ether oxygens (including phenoxy) is 4. The van der Waals surface area contributed by atoms with Gasteiger partial charge in [-0.3, -0.25) is 71.9 Å². The van der Waals surface area contributed by atoms with Crippen molar-refractivity contribution in [3.8, 4) is 0 Å². The Balaban J connectivity index is -0.000000592. The second kappa shape index (κ2) is 53.3. The van der Waals surface area contributed by atoms with Gasteiger partial charge in [-0.05, 0) is 113 Å². The van der Waals surface area contributed by atoms with Crippen LogP contribution in [-0.2, 0) is 90.9 Å². The Hall–Kier alpha value is -8.50. The molecule has 39 heteroatoms. The van der Waals surface area contributed by atoms with Crippen LogP contribution in [0, 0.1) is 82.9 Å². The number of hydrogen-bond acceptors (Lipinski definition) is 25. The van der Waals surface area contributed by atoms with Crippen LogP contribution in [-0.4, -0.2) is 213 Å². The molecule has 28 N–H and O–H groups in total. The summed E-state index contributed by atoms with van der Waals surface area (Å²) in [7, 11) is 13.4. The number of nitrogens with two attached hydrogens (primary N) is 11. The van der Waals surface area contributed by atoms with Crippen LogP contribution in [0.4, 0.5) is 13.2 Å². The molecule has 18 atom stereocenters. The predicted octanol–water partition coefficient (Wildman–Crippen LogP) is -4.71. The van der Waals surface area contributed by atoms with Crippen molar-refractivity contribution in [2.45, 2.75) is 141 Å². The number of hydrogen-bond donors (Lipinski definition) is 17. The largest absolute Gasteiger partial charge is 0.466 e. The van der Waals surface area contributed by atoms with Crippen LogP contribution in [0.25, 0.3) is 0 Å². The summed E-state index contributed by atoms with van der Waals surface area (Å²) in [6.07, 6.45) is -0.660. The molecule has 11 amide bonds. The average molecular weight is 1510 g/mol. The lowest BCUT2D eigenvalue weighted by molar-refractivity contribution is -0.151. The first kappa shape index (κ1) is 87.9. The number of amides is 11. The molecule has 0 aromatic rings. The fraction of sp³-hybridized carbons (Fsp3) is 0.738. The molecular formula is C65H118F3N15O21. The van der Waals surface area contributed by atoms with Gasteiger partial charge in [0, 0.05) is 61.0 Å². The van der Waals surface area contributed by atoms with E-state index >= 15 is 0 Å². The Morgan fingerprint density at radius 3 is 1.08 bits per heavy atom. The summed E-state index contributed by atoms with van der Waals surface area (Å²) in [6, 6.07) is 0. The summed E-state index contributed by atoms with van der Waals surface area (Å²) in [5.74, 6) is -18.9. The molecule has 7 saturated carbocycles. The number of aliphatic hydroxyl groups excluding tert-OH is 2. The highest BCUT2D eigenvalue weighted by atomic mass is 19.3. The molecule has 0 aromatic heterocycles. The molecule has 7 aliphatic carbocycles. The summed E-state index contributed by atoms with van der Waals surface area (Å²) < 4.78 is 106. The number of carbonyl (C=O) groups is 15. The van der Waals surface area contributed by atoms with Crippen molar-refractivity contribution >= 4 is 88.7 Å². The highest BCUT2D eigenvalue weighted by Crippen LogP contribution is 2.43. The molecule has 0 radical (unpaired) electrons. The molecule has 0 spiro atoms. The molecule has 600 valence electrons. The smallest absolute Gasteiger partial charge is 0.310 e. The molecule has 0 aromatic carbocycles. The Labute approximate surface area is 615 Å². The third kappa shape index (κ3) is 34.4. The molecule has 7 aliphatic rings. The number of carbonyl (C=O) groups excluding carboxylic acids is 15. The van der Waals surface area contributed by atoms with Crippen LogP contribution in [0.1, 0.15) is 111 Å². The van der Waals surface area contributed by atoms with Gasteiger partial charge < -0.3 is 113 Å². The van der Waals surface area contributed by atoms with Gasteiger partial charge in [0.2, 0.25) is 70.9 Å². The van der Waals surface area contributed by atoms with Crippen LogP contribution < -0.4 is 84.3 Å². The molecule has 0 bridgehead atoms. The minimum atomic E-state index is -3.01. The number of allylic oxidation sites excluding steroid dienone is 1. The first-order chi connectivity index (χ1) is 52.5. The summed E-state index contributed by atoms with van der Waals surface area (Å²) in [4.78, 5) is 170. The normalized spacial score (nSPS) is 28.7. The van der Waals surface area contributed by atoms with E-state index in [0.717, 1.165) is 5.57 Å². The van der Waals surface area contributed by atoms with Gasteiger partial charge in [0.25, 0.3) is 0 Å². The summed E-state index contributed by atoms with van der Waals surface area (Å²) >= 11 is 0. The predicted molar refractivity (Wildman–Crippen MR) is 371 cm³/mol. The van der Waals surface area contributed by atoms with Crippen LogP contribution in [0.2, 0.25) is 9.88 Å². The highest BCUT2D eigenvalue weighted by molar-refractivity contribution is 5.96. The van der Waals surface area contributed by atoms with Gasteiger partial charge in [-0.25, -0.2) is 13.2 Å². The molecule has 0 unspecified atom stereocenters. The van der Waals surface area contributed by atoms with Gasteiger partial charge in [0.15, 0.2) is 9.88 Å². The molecule has 0 heterocycles. The SMILES string of the molecule is CN.CN.CN.CN.[2H]NC(=O)[C@H]1CC(=C)C[C@@H]1C(=O)OCC.[2H]NC(=O)[C@H]1CC(=O)C[C@@H]1C(=O)OCC.[2H]NC(=O)[C@H]1CC(F)(F)C[C@@H]1C(=O)NC.[2H]NC(=O)[C@H]1C[C@@H](O)C[C@@H]1C(=O)NC.[2H]NC(=O)[C@H]1C[C@@H](O)C[C@@H]1C(=O)OCC.[2H]NC(=O)[C@H]1C[C@H](F)C[C@@H]1C(=O)NC.[2H]NC(=O)[C@H]1C[C@H](OC)C[C@@H]1C(=O)NC. The van der Waals surface area contributed by atoms with E-state index in [0.29, 0.717) is 32.3 Å². The van der Waals surface area contributed by atoms with Gasteiger partial charge in [0.05, 0.1) is 121 Å². The number of aliphatic hydroxyl groups is 2. The van der Waals surface area contributed by atoms with E-state index < -0.39 is 173 Å². The van der Waals surface area contributed by atoms with Gasteiger partial charge in [0.1, 0.15) is 12.0 Å². The minimum Gasteiger partial charge on any atom is -0.466 e. The van der Waals surface area contributed by atoms with E-state index in [4.69, 9.17) is 28.8 Å². The third-order valence-corrected chi connectivity index (χ3v) is 17.3. The van der Waals surface area contributed by atoms with E-state index in [1.807, 2.05) is 11.5 Å². The fourth-order valence-corrected chi connectivity index (χ4v) is 12.4. The number of rotatable bonds is 18. The van der Waals surface area contributed by atoms with E-state index in [9.17, 15) is 95.3 Å². The van der Waals surface area contributed by atoms with E-state index in [2.05, 4.69) is 50.8 Å². The van der Waals surface area contributed by atoms with Crippen molar-refractivity contribution in [3.63, 3.8) is 0 Å².